The van der Waals surface area contributed by atoms with E-state index in [0.29, 0.717) is 12.1 Å². The minimum absolute atomic E-state index is 0.164. The molecule has 0 amide bonds. The minimum atomic E-state index is -0.164. The number of halogens is 1. The topological polar surface area (TPSA) is 40.7 Å². The molecule has 0 spiro atoms. The van der Waals surface area contributed by atoms with E-state index in [4.69, 9.17) is 0 Å². The van der Waals surface area contributed by atoms with Gasteiger partial charge in [0.05, 0.1) is 5.69 Å². The molecular formula is C17H16FN3. The van der Waals surface area contributed by atoms with Crippen molar-refractivity contribution >= 4 is 5.69 Å². The number of aromatic nitrogens is 2. The highest BCUT2D eigenvalue weighted by molar-refractivity contribution is 5.62. The molecule has 21 heavy (non-hydrogen) atoms. The lowest BCUT2D eigenvalue weighted by Crippen LogP contribution is -2.00. The molecule has 0 saturated heterocycles. The third-order valence-electron chi connectivity index (χ3n) is 3.42. The van der Waals surface area contributed by atoms with Gasteiger partial charge in [0.25, 0.3) is 0 Å². The van der Waals surface area contributed by atoms with E-state index in [2.05, 4.69) is 15.5 Å². The van der Waals surface area contributed by atoms with Crippen LogP contribution in [-0.4, -0.2) is 10.2 Å². The van der Waals surface area contributed by atoms with E-state index in [1.165, 1.54) is 6.07 Å². The molecule has 0 radical (unpaired) electrons. The molecule has 1 aromatic heterocycles. The van der Waals surface area contributed by atoms with Gasteiger partial charge >= 0.3 is 0 Å². The molecule has 0 atom stereocenters. The molecule has 0 saturated carbocycles. The van der Waals surface area contributed by atoms with E-state index in [9.17, 15) is 4.39 Å². The van der Waals surface area contributed by atoms with Crippen LogP contribution in [0.3, 0.4) is 0 Å². The fourth-order valence-corrected chi connectivity index (χ4v) is 2.21. The number of aryl methyl sites for hydroxylation is 1. The summed E-state index contributed by atoms with van der Waals surface area (Å²) in [6.07, 6.45) is 1.73. The lowest BCUT2D eigenvalue weighted by Gasteiger charge is -2.08. The van der Waals surface area contributed by atoms with E-state index in [1.54, 1.807) is 19.2 Å². The van der Waals surface area contributed by atoms with Crippen molar-refractivity contribution in [2.75, 3.05) is 5.32 Å². The standard InChI is InChI=1S/C17H16FN3/c1-12-10-13(2-7-16(12)18)11-19-15-5-3-14(4-6-15)17-8-9-20-21-17/h2-10,19H,11H2,1H3,(H,20,21). The van der Waals surface area contributed by atoms with Crippen LogP contribution < -0.4 is 5.32 Å². The van der Waals surface area contributed by atoms with Crippen molar-refractivity contribution < 1.29 is 4.39 Å². The van der Waals surface area contributed by atoms with Crippen LogP contribution in [0.4, 0.5) is 10.1 Å². The van der Waals surface area contributed by atoms with Gasteiger partial charge in [-0.15, -0.1) is 0 Å². The van der Waals surface area contributed by atoms with E-state index >= 15 is 0 Å². The predicted octanol–water partition coefficient (Wildman–Crippen LogP) is 4.14. The molecule has 3 aromatic rings. The number of hydrogen-bond donors (Lipinski definition) is 2. The number of anilines is 1. The molecule has 106 valence electrons. The van der Waals surface area contributed by atoms with Gasteiger partial charge in [-0.3, -0.25) is 5.10 Å². The molecule has 0 bridgehead atoms. The quantitative estimate of drug-likeness (QED) is 0.754. The summed E-state index contributed by atoms with van der Waals surface area (Å²) in [5.41, 5.74) is 4.85. The van der Waals surface area contributed by atoms with Gasteiger partial charge in [-0.1, -0.05) is 24.3 Å². The van der Waals surface area contributed by atoms with Crippen molar-refractivity contribution in [3.05, 3.63) is 71.7 Å². The van der Waals surface area contributed by atoms with E-state index in [-0.39, 0.29) is 5.82 Å². The highest BCUT2D eigenvalue weighted by Gasteiger charge is 2.01. The first-order chi connectivity index (χ1) is 10.2. The summed E-state index contributed by atoms with van der Waals surface area (Å²) in [6, 6.07) is 15.2. The summed E-state index contributed by atoms with van der Waals surface area (Å²) >= 11 is 0. The molecule has 1 heterocycles. The van der Waals surface area contributed by atoms with Crippen LogP contribution in [0.5, 0.6) is 0 Å². The van der Waals surface area contributed by atoms with Crippen molar-refractivity contribution in [1.82, 2.24) is 10.2 Å². The third kappa shape index (κ3) is 3.11. The van der Waals surface area contributed by atoms with Crippen LogP contribution in [0.25, 0.3) is 11.3 Å². The van der Waals surface area contributed by atoms with Crippen LogP contribution in [0.1, 0.15) is 11.1 Å². The van der Waals surface area contributed by atoms with E-state index < -0.39 is 0 Å². The molecule has 3 nitrogen and oxygen atoms in total. The molecule has 3 rings (SSSR count). The number of H-pyrrole nitrogens is 1. The summed E-state index contributed by atoms with van der Waals surface area (Å²) in [7, 11) is 0. The Morgan fingerprint density at radius 1 is 1.10 bits per heavy atom. The molecule has 0 unspecified atom stereocenters. The normalized spacial score (nSPS) is 10.6. The molecule has 2 aromatic carbocycles. The largest absolute Gasteiger partial charge is 0.381 e. The Kier molecular flexibility index (Phi) is 3.69. The molecule has 2 N–H and O–H groups in total. The van der Waals surface area contributed by atoms with Gasteiger partial charge < -0.3 is 5.32 Å². The summed E-state index contributed by atoms with van der Waals surface area (Å²) in [5.74, 6) is -0.164. The number of nitrogens with zero attached hydrogens (tertiary/aromatic N) is 1. The number of aromatic amines is 1. The highest BCUT2D eigenvalue weighted by atomic mass is 19.1. The Morgan fingerprint density at radius 2 is 1.90 bits per heavy atom. The zero-order valence-electron chi connectivity index (χ0n) is 11.7. The van der Waals surface area contributed by atoms with Crippen LogP contribution in [0.2, 0.25) is 0 Å². The Labute approximate surface area is 122 Å². The number of benzene rings is 2. The summed E-state index contributed by atoms with van der Waals surface area (Å²) in [6.45, 7) is 2.45. The monoisotopic (exact) mass is 281 g/mol. The molecule has 0 fully saturated rings. The van der Waals surface area contributed by atoms with Gasteiger partial charge in [0.2, 0.25) is 0 Å². The fraction of sp³-hybridized carbons (Fsp3) is 0.118. The third-order valence-corrected chi connectivity index (χ3v) is 3.42. The maximum atomic E-state index is 13.2. The number of rotatable bonds is 4. The van der Waals surface area contributed by atoms with Gasteiger partial charge in [-0.25, -0.2) is 4.39 Å². The lowest BCUT2D eigenvalue weighted by atomic mass is 10.1. The van der Waals surface area contributed by atoms with Crippen molar-refractivity contribution in [2.24, 2.45) is 0 Å². The van der Waals surface area contributed by atoms with E-state index in [0.717, 1.165) is 22.5 Å². The first-order valence-corrected chi connectivity index (χ1v) is 6.81. The van der Waals surface area contributed by atoms with Gasteiger partial charge in [-0.2, -0.15) is 5.10 Å². The second-order valence-corrected chi connectivity index (χ2v) is 4.98. The zero-order valence-corrected chi connectivity index (χ0v) is 11.7. The maximum absolute atomic E-state index is 13.2. The molecule has 0 aliphatic heterocycles. The molecular weight excluding hydrogens is 265 g/mol. The van der Waals surface area contributed by atoms with E-state index in [1.807, 2.05) is 36.4 Å². The van der Waals surface area contributed by atoms with Gasteiger partial charge in [-0.05, 0) is 47.9 Å². The first-order valence-electron chi connectivity index (χ1n) is 6.81. The second kappa shape index (κ2) is 5.79. The van der Waals surface area contributed by atoms with Crippen LogP contribution in [-0.2, 0) is 6.54 Å². The summed E-state index contributed by atoms with van der Waals surface area (Å²) < 4.78 is 13.2. The van der Waals surface area contributed by atoms with Crippen molar-refractivity contribution in [3.8, 4) is 11.3 Å². The Balaban J connectivity index is 1.66. The Bertz CT molecular complexity index is 718. The van der Waals surface area contributed by atoms with Crippen molar-refractivity contribution in [2.45, 2.75) is 13.5 Å². The van der Waals surface area contributed by atoms with Crippen LogP contribution in [0, 0.1) is 12.7 Å². The fourth-order valence-electron chi connectivity index (χ4n) is 2.21. The first kappa shape index (κ1) is 13.4. The molecule has 0 aliphatic rings. The van der Waals surface area contributed by atoms with Gasteiger partial charge in [0, 0.05) is 18.4 Å². The second-order valence-electron chi connectivity index (χ2n) is 4.98. The summed E-state index contributed by atoms with van der Waals surface area (Å²) in [5, 5.41) is 10.2. The SMILES string of the molecule is Cc1cc(CNc2ccc(-c3ccn[nH]3)cc2)ccc1F. The minimum Gasteiger partial charge on any atom is -0.381 e. The zero-order chi connectivity index (χ0) is 14.7. The average molecular weight is 281 g/mol. The number of hydrogen-bond acceptors (Lipinski definition) is 2. The molecule has 0 aliphatic carbocycles. The van der Waals surface area contributed by atoms with Crippen LogP contribution in [0.15, 0.2) is 54.7 Å². The smallest absolute Gasteiger partial charge is 0.126 e. The van der Waals surface area contributed by atoms with Crippen LogP contribution >= 0.6 is 0 Å². The predicted molar refractivity (Wildman–Crippen MR) is 82.5 cm³/mol. The highest BCUT2D eigenvalue weighted by Crippen LogP contribution is 2.19. The van der Waals surface area contributed by atoms with Gasteiger partial charge in [0.1, 0.15) is 5.82 Å². The lowest BCUT2D eigenvalue weighted by molar-refractivity contribution is 0.617. The molecule has 4 heteroatoms. The Hall–Kier alpha value is -2.62. The maximum Gasteiger partial charge on any atom is 0.126 e. The van der Waals surface area contributed by atoms with Gasteiger partial charge in [0.15, 0.2) is 0 Å². The Morgan fingerprint density at radius 3 is 2.57 bits per heavy atom. The van der Waals surface area contributed by atoms with Crippen molar-refractivity contribution in [1.29, 1.82) is 0 Å². The average Bonchev–Trinajstić information content (AvgIpc) is 3.03. The van der Waals surface area contributed by atoms with Crippen molar-refractivity contribution in [3.63, 3.8) is 0 Å². The number of nitrogens with one attached hydrogen (secondary N) is 2. The summed E-state index contributed by atoms with van der Waals surface area (Å²) in [4.78, 5) is 0.